The van der Waals surface area contributed by atoms with Gasteiger partial charge in [-0.1, -0.05) is 26.0 Å². The lowest BCUT2D eigenvalue weighted by molar-refractivity contribution is 0.0939. The molecule has 1 rings (SSSR count). The number of carbonyl (C=O) groups excluding carboxylic acids is 1. The van der Waals surface area contributed by atoms with Crippen molar-refractivity contribution in [1.82, 2.24) is 5.32 Å². The van der Waals surface area contributed by atoms with E-state index in [4.69, 9.17) is 0 Å². The first-order chi connectivity index (χ1) is 7.17. The molecule has 1 aromatic rings. The maximum atomic E-state index is 11.7. The molecule has 0 bridgehead atoms. The molecule has 0 unspecified atom stereocenters. The summed E-state index contributed by atoms with van der Waals surface area (Å²) in [4.78, 5) is 11.7. The van der Waals surface area contributed by atoms with Crippen LogP contribution < -0.4 is 5.32 Å². The van der Waals surface area contributed by atoms with Crippen LogP contribution in [-0.4, -0.2) is 11.9 Å². The molecule has 0 spiro atoms. The Labute approximate surface area is 91.7 Å². The van der Waals surface area contributed by atoms with Crippen molar-refractivity contribution in [3.63, 3.8) is 0 Å². The van der Waals surface area contributed by atoms with Crippen molar-refractivity contribution in [2.75, 3.05) is 0 Å². The van der Waals surface area contributed by atoms with Crippen LogP contribution in [0.4, 0.5) is 0 Å². The lowest BCUT2D eigenvalue weighted by atomic mass is 10.1. The number of rotatable bonds is 4. The Hall–Kier alpha value is -1.31. The molecule has 0 saturated heterocycles. The number of amides is 1. The zero-order chi connectivity index (χ0) is 11.3. The fourth-order valence-electron chi connectivity index (χ4n) is 1.30. The fraction of sp³-hybridized carbons (Fsp3) is 0.462. The Morgan fingerprint density at radius 2 is 1.87 bits per heavy atom. The summed E-state index contributed by atoms with van der Waals surface area (Å²) in [5, 5.41) is 2.94. The quantitative estimate of drug-likeness (QED) is 0.804. The molecule has 1 amide bonds. The molecule has 2 heteroatoms. The van der Waals surface area contributed by atoms with Crippen molar-refractivity contribution in [2.45, 2.75) is 39.7 Å². The monoisotopic (exact) mass is 205 g/mol. The van der Waals surface area contributed by atoms with Crippen LogP contribution in [0.2, 0.25) is 0 Å². The molecule has 0 aliphatic heterocycles. The summed E-state index contributed by atoms with van der Waals surface area (Å²) in [5.41, 5.74) is 2.00. The van der Waals surface area contributed by atoms with Crippen LogP contribution in [0.25, 0.3) is 0 Å². The molecule has 82 valence electrons. The van der Waals surface area contributed by atoms with Gasteiger partial charge in [0.1, 0.15) is 0 Å². The van der Waals surface area contributed by atoms with Crippen LogP contribution in [0.3, 0.4) is 0 Å². The van der Waals surface area contributed by atoms with E-state index in [2.05, 4.69) is 19.2 Å². The summed E-state index contributed by atoms with van der Waals surface area (Å²) in [6.45, 7) is 6.18. The van der Waals surface area contributed by atoms with Crippen molar-refractivity contribution in [3.05, 3.63) is 35.4 Å². The van der Waals surface area contributed by atoms with Gasteiger partial charge in [-0.15, -0.1) is 0 Å². The highest BCUT2D eigenvalue weighted by atomic mass is 16.1. The highest BCUT2D eigenvalue weighted by molar-refractivity contribution is 5.94. The van der Waals surface area contributed by atoms with E-state index >= 15 is 0 Å². The third kappa shape index (κ3) is 3.39. The minimum Gasteiger partial charge on any atom is -0.350 e. The number of hydrogen-bond donors (Lipinski definition) is 1. The summed E-state index contributed by atoms with van der Waals surface area (Å²) < 4.78 is 0. The summed E-state index contributed by atoms with van der Waals surface area (Å²) in [6, 6.07) is 8.02. The topological polar surface area (TPSA) is 29.1 Å². The first-order valence-electron chi connectivity index (χ1n) is 5.57. The number of nitrogens with one attached hydrogen (secondary N) is 1. The minimum atomic E-state index is 0.0204. The minimum absolute atomic E-state index is 0.0204. The average Bonchev–Trinajstić information content (AvgIpc) is 2.29. The van der Waals surface area contributed by atoms with Gasteiger partial charge in [0.15, 0.2) is 0 Å². The van der Waals surface area contributed by atoms with Crippen LogP contribution in [0.15, 0.2) is 24.3 Å². The SMILES string of the molecule is CCc1ccc(C(=O)N[C@@H](C)CC)cc1. The second-order valence-corrected chi connectivity index (χ2v) is 3.83. The van der Waals surface area contributed by atoms with E-state index in [9.17, 15) is 4.79 Å². The summed E-state index contributed by atoms with van der Waals surface area (Å²) in [7, 11) is 0. The first-order valence-corrected chi connectivity index (χ1v) is 5.57. The number of hydrogen-bond acceptors (Lipinski definition) is 1. The van der Waals surface area contributed by atoms with Crippen LogP contribution in [0, 0.1) is 0 Å². The highest BCUT2D eigenvalue weighted by Crippen LogP contribution is 2.05. The summed E-state index contributed by atoms with van der Waals surface area (Å²) >= 11 is 0. The van der Waals surface area contributed by atoms with Gasteiger partial charge in [-0.05, 0) is 37.5 Å². The Kier molecular flexibility index (Phi) is 4.35. The number of carbonyl (C=O) groups is 1. The molecular formula is C13H19NO. The van der Waals surface area contributed by atoms with Crippen LogP contribution in [0.1, 0.15) is 43.1 Å². The lowest BCUT2D eigenvalue weighted by Gasteiger charge is -2.11. The lowest BCUT2D eigenvalue weighted by Crippen LogP contribution is -2.31. The molecule has 0 aliphatic rings. The molecule has 1 aromatic carbocycles. The maximum absolute atomic E-state index is 11.7. The van der Waals surface area contributed by atoms with E-state index in [1.165, 1.54) is 5.56 Å². The van der Waals surface area contributed by atoms with Crippen molar-refractivity contribution in [3.8, 4) is 0 Å². The van der Waals surface area contributed by atoms with Crippen molar-refractivity contribution in [1.29, 1.82) is 0 Å². The second-order valence-electron chi connectivity index (χ2n) is 3.83. The Balaban J connectivity index is 2.66. The van der Waals surface area contributed by atoms with Gasteiger partial charge in [0, 0.05) is 11.6 Å². The van der Waals surface area contributed by atoms with Gasteiger partial charge in [0.05, 0.1) is 0 Å². The predicted octanol–water partition coefficient (Wildman–Crippen LogP) is 2.78. The van der Waals surface area contributed by atoms with Gasteiger partial charge < -0.3 is 5.32 Å². The van der Waals surface area contributed by atoms with Crippen molar-refractivity contribution < 1.29 is 4.79 Å². The molecule has 0 aromatic heterocycles. The molecule has 0 aliphatic carbocycles. The molecule has 0 radical (unpaired) electrons. The molecule has 0 saturated carbocycles. The third-order valence-corrected chi connectivity index (χ3v) is 2.61. The largest absolute Gasteiger partial charge is 0.350 e. The number of benzene rings is 1. The van der Waals surface area contributed by atoms with E-state index in [0.29, 0.717) is 0 Å². The van der Waals surface area contributed by atoms with Crippen molar-refractivity contribution >= 4 is 5.91 Å². The van der Waals surface area contributed by atoms with E-state index < -0.39 is 0 Å². The molecule has 1 atom stereocenters. The Bertz CT molecular complexity index is 316. The fourth-order valence-corrected chi connectivity index (χ4v) is 1.30. The van der Waals surface area contributed by atoms with Crippen LogP contribution >= 0.6 is 0 Å². The van der Waals surface area contributed by atoms with Gasteiger partial charge in [-0.3, -0.25) is 4.79 Å². The van der Waals surface area contributed by atoms with E-state index in [1.807, 2.05) is 31.2 Å². The molecule has 1 N–H and O–H groups in total. The molecular weight excluding hydrogens is 186 g/mol. The van der Waals surface area contributed by atoms with E-state index in [-0.39, 0.29) is 11.9 Å². The molecule has 0 fully saturated rings. The van der Waals surface area contributed by atoms with Gasteiger partial charge in [-0.25, -0.2) is 0 Å². The summed E-state index contributed by atoms with van der Waals surface area (Å²) in [5.74, 6) is 0.0204. The Morgan fingerprint density at radius 1 is 1.27 bits per heavy atom. The zero-order valence-corrected chi connectivity index (χ0v) is 9.71. The highest BCUT2D eigenvalue weighted by Gasteiger charge is 2.07. The molecule has 15 heavy (non-hydrogen) atoms. The third-order valence-electron chi connectivity index (χ3n) is 2.61. The molecule has 0 heterocycles. The van der Waals surface area contributed by atoms with Crippen LogP contribution in [-0.2, 0) is 6.42 Å². The maximum Gasteiger partial charge on any atom is 0.251 e. The molecule has 2 nitrogen and oxygen atoms in total. The summed E-state index contributed by atoms with van der Waals surface area (Å²) in [6.07, 6.45) is 1.96. The van der Waals surface area contributed by atoms with Crippen molar-refractivity contribution in [2.24, 2.45) is 0 Å². The van der Waals surface area contributed by atoms with Gasteiger partial charge in [0.2, 0.25) is 0 Å². The predicted molar refractivity (Wildman–Crippen MR) is 63.0 cm³/mol. The van der Waals surface area contributed by atoms with Crippen LogP contribution in [0.5, 0.6) is 0 Å². The van der Waals surface area contributed by atoms with Gasteiger partial charge in [-0.2, -0.15) is 0 Å². The zero-order valence-electron chi connectivity index (χ0n) is 9.71. The van der Waals surface area contributed by atoms with E-state index in [0.717, 1.165) is 18.4 Å². The standard InChI is InChI=1S/C13H19NO/c1-4-10(3)14-13(15)12-8-6-11(5-2)7-9-12/h6-10H,4-5H2,1-3H3,(H,14,15)/t10-/m0/s1. The Morgan fingerprint density at radius 3 is 2.33 bits per heavy atom. The number of aryl methyl sites for hydroxylation is 1. The van der Waals surface area contributed by atoms with Gasteiger partial charge in [0.25, 0.3) is 5.91 Å². The normalized spacial score (nSPS) is 12.2. The smallest absolute Gasteiger partial charge is 0.251 e. The van der Waals surface area contributed by atoms with E-state index in [1.54, 1.807) is 0 Å². The first kappa shape index (κ1) is 11.8. The second kappa shape index (κ2) is 5.54. The average molecular weight is 205 g/mol. The van der Waals surface area contributed by atoms with Gasteiger partial charge >= 0.3 is 0 Å².